The summed E-state index contributed by atoms with van der Waals surface area (Å²) in [5, 5.41) is 3.26. The first-order valence-electron chi connectivity index (χ1n) is 7.03. The molecule has 3 heterocycles. The van der Waals surface area contributed by atoms with Crippen LogP contribution in [-0.4, -0.2) is 10.2 Å². The normalized spacial score (nSPS) is 11.5. The fourth-order valence-electron chi connectivity index (χ4n) is 3.27. The van der Waals surface area contributed by atoms with Crippen LogP contribution in [-0.2, 0) is 0 Å². The molecule has 3 aromatic heterocycles. The third-order valence-electron chi connectivity index (χ3n) is 4.07. The molecule has 0 spiro atoms. The van der Waals surface area contributed by atoms with E-state index in [4.69, 9.17) is 0 Å². The molecule has 4 rings (SSSR count). The number of fused-ring (bicyclic) bond motifs is 5. The predicted octanol–water partition coefficient (Wildman–Crippen LogP) is 3.57. The van der Waals surface area contributed by atoms with Gasteiger partial charge in [-0.25, -0.2) is 4.98 Å². The highest BCUT2D eigenvalue weighted by Crippen LogP contribution is 2.33. The number of benzene rings is 1. The van der Waals surface area contributed by atoms with E-state index in [0.717, 1.165) is 38.6 Å². The minimum atomic E-state index is 0.0851. The summed E-state index contributed by atoms with van der Waals surface area (Å²) >= 11 is 0. The first-order chi connectivity index (χ1) is 10.2. The first-order valence-corrected chi connectivity index (χ1v) is 7.03. The zero-order valence-electron chi connectivity index (χ0n) is 12.0. The summed E-state index contributed by atoms with van der Waals surface area (Å²) in [6, 6.07) is 14.2. The van der Waals surface area contributed by atoms with E-state index in [1.54, 1.807) is 6.92 Å². The molecule has 3 heteroatoms. The summed E-state index contributed by atoms with van der Waals surface area (Å²) in [6.45, 7) is 3.70. The van der Waals surface area contributed by atoms with E-state index in [1.807, 2.05) is 40.9 Å². The Morgan fingerprint density at radius 2 is 1.81 bits per heavy atom. The fraction of sp³-hybridized carbons (Fsp3) is 0.111. The van der Waals surface area contributed by atoms with Crippen molar-refractivity contribution in [1.82, 2.24) is 4.40 Å². The van der Waals surface area contributed by atoms with Gasteiger partial charge in [-0.15, -0.1) is 0 Å². The molecule has 0 atom stereocenters. The number of nitrogens with zero attached hydrogens (tertiary/aromatic N) is 1. The topological polar surface area (TPSA) is 35.6 Å². The highest BCUT2D eigenvalue weighted by atomic mass is 16.1. The number of aromatic amines is 1. The van der Waals surface area contributed by atoms with E-state index in [9.17, 15) is 4.79 Å². The lowest BCUT2D eigenvalue weighted by molar-refractivity contribution is -0.352. The van der Waals surface area contributed by atoms with Crippen LogP contribution in [0.5, 0.6) is 0 Å². The number of hydrogen-bond donors (Lipinski definition) is 0. The van der Waals surface area contributed by atoms with Crippen molar-refractivity contribution < 1.29 is 9.78 Å². The third kappa shape index (κ3) is 1.54. The summed E-state index contributed by atoms with van der Waals surface area (Å²) in [5.41, 5.74) is 3.96. The van der Waals surface area contributed by atoms with Crippen molar-refractivity contribution in [2.24, 2.45) is 0 Å². The number of carbonyl (C=O) groups excluding carboxylic acids is 1. The number of rotatable bonds is 1. The average molecular weight is 275 g/mol. The molecular weight excluding hydrogens is 260 g/mol. The van der Waals surface area contributed by atoms with E-state index < -0.39 is 0 Å². The number of Topliss-reactive ketones (excluding diaryl/α,β-unsaturated/α-hetero) is 1. The Hall–Kier alpha value is -2.68. The number of aryl methyl sites for hydroxylation is 1. The van der Waals surface area contributed by atoms with Gasteiger partial charge in [-0.3, -0.25) is 4.79 Å². The second-order valence-electron chi connectivity index (χ2n) is 5.41. The highest BCUT2D eigenvalue weighted by Gasteiger charge is 2.22. The summed E-state index contributed by atoms with van der Waals surface area (Å²) in [7, 11) is 0. The molecule has 0 saturated carbocycles. The third-order valence-corrected chi connectivity index (χ3v) is 4.07. The lowest BCUT2D eigenvalue weighted by Crippen LogP contribution is -2.09. The van der Waals surface area contributed by atoms with Crippen LogP contribution in [0, 0.1) is 6.92 Å². The van der Waals surface area contributed by atoms with Crippen molar-refractivity contribution >= 4 is 33.0 Å². The second kappa shape index (κ2) is 4.16. The Bertz CT molecular complexity index is 1030. The Kier molecular flexibility index (Phi) is 2.39. The first kappa shape index (κ1) is 12.1. The minimum Gasteiger partial charge on any atom is -0.313 e. The summed E-state index contributed by atoms with van der Waals surface area (Å²) in [6.07, 6.45) is 1.96. The van der Waals surface area contributed by atoms with Gasteiger partial charge in [0.15, 0.2) is 11.5 Å². The molecule has 0 aliphatic carbocycles. The Morgan fingerprint density at radius 1 is 1.05 bits per heavy atom. The van der Waals surface area contributed by atoms with Crippen molar-refractivity contribution in [2.75, 3.05) is 0 Å². The number of carbonyl (C=O) groups is 1. The van der Waals surface area contributed by atoms with E-state index in [0.29, 0.717) is 0 Å². The number of aromatic nitrogens is 2. The molecule has 1 N–H and O–H groups in total. The van der Waals surface area contributed by atoms with E-state index in [-0.39, 0.29) is 5.78 Å². The van der Waals surface area contributed by atoms with Crippen molar-refractivity contribution in [3.05, 3.63) is 60.0 Å². The summed E-state index contributed by atoms with van der Waals surface area (Å²) in [4.78, 5) is 15.7. The van der Waals surface area contributed by atoms with Gasteiger partial charge in [0.1, 0.15) is 0 Å². The van der Waals surface area contributed by atoms with Gasteiger partial charge in [0.25, 0.3) is 0 Å². The molecule has 102 valence electrons. The van der Waals surface area contributed by atoms with Crippen molar-refractivity contribution in [2.45, 2.75) is 13.8 Å². The van der Waals surface area contributed by atoms with Crippen LogP contribution in [0.1, 0.15) is 23.1 Å². The van der Waals surface area contributed by atoms with Gasteiger partial charge in [0.2, 0.25) is 5.52 Å². The van der Waals surface area contributed by atoms with Crippen LogP contribution in [0.3, 0.4) is 0 Å². The molecule has 0 fully saturated rings. The summed E-state index contributed by atoms with van der Waals surface area (Å²) in [5.74, 6) is 0.0851. The molecule has 3 nitrogen and oxygen atoms in total. The van der Waals surface area contributed by atoms with Crippen LogP contribution < -0.4 is 4.98 Å². The quantitative estimate of drug-likeness (QED) is 0.489. The SMILES string of the molecule is CC(=O)c1c2c3ccccc3[nH+]c(C)c2c2ccccn12. The number of hydrogen-bond acceptors (Lipinski definition) is 1. The fourth-order valence-corrected chi connectivity index (χ4v) is 3.27. The lowest BCUT2D eigenvalue weighted by atomic mass is 10.0. The molecule has 0 bridgehead atoms. The number of pyridine rings is 2. The van der Waals surface area contributed by atoms with E-state index >= 15 is 0 Å². The van der Waals surface area contributed by atoms with Crippen LogP contribution in [0.2, 0.25) is 0 Å². The number of H-pyrrole nitrogens is 1. The molecule has 0 radical (unpaired) electrons. The van der Waals surface area contributed by atoms with Gasteiger partial charge in [-0.05, 0) is 18.2 Å². The molecule has 1 aromatic carbocycles. The minimum absolute atomic E-state index is 0.0851. The van der Waals surface area contributed by atoms with E-state index in [2.05, 4.69) is 24.0 Å². The molecule has 0 amide bonds. The number of nitrogens with one attached hydrogen (secondary N) is 1. The zero-order valence-corrected chi connectivity index (χ0v) is 12.0. The summed E-state index contributed by atoms with van der Waals surface area (Å²) < 4.78 is 2.00. The monoisotopic (exact) mass is 275 g/mol. The Morgan fingerprint density at radius 3 is 2.62 bits per heavy atom. The zero-order chi connectivity index (χ0) is 14.6. The Labute approximate surface area is 121 Å². The van der Waals surface area contributed by atoms with Gasteiger partial charge in [-0.1, -0.05) is 18.2 Å². The number of ketones is 1. The van der Waals surface area contributed by atoms with E-state index in [1.165, 1.54) is 0 Å². The van der Waals surface area contributed by atoms with Crippen LogP contribution >= 0.6 is 0 Å². The average Bonchev–Trinajstić information content (AvgIpc) is 2.83. The molecule has 0 aliphatic rings. The standard InChI is InChI=1S/C18H14N2O/c1-11-16-15-9-5-6-10-20(15)18(12(2)21)17(16)13-7-3-4-8-14(13)19-11/h3-10H,1-2H3/p+1. The van der Waals surface area contributed by atoms with Gasteiger partial charge in [-0.2, -0.15) is 0 Å². The van der Waals surface area contributed by atoms with Gasteiger partial charge >= 0.3 is 0 Å². The molecular formula is C18H15N2O+. The maximum absolute atomic E-state index is 12.3. The van der Waals surface area contributed by atoms with Crippen LogP contribution in [0.15, 0.2) is 48.7 Å². The predicted molar refractivity (Wildman–Crippen MR) is 83.7 cm³/mol. The lowest BCUT2D eigenvalue weighted by Gasteiger charge is -1.99. The van der Waals surface area contributed by atoms with Crippen molar-refractivity contribution in [1.29, 1.82) is 0 Å². The largest absolute Gasteiger partial charge is 0.313 e. The van der Waals surface area contributed by atoms with Crippen molar-refractivity contribution in [3.63, 3.8) is 0 Å². The van der Waals surface area contributed by atoms with Crippen LogP contribution in [0.4, 0.5) is 0 Å². The molecule has 4 aromatic rings. The molecule has 21 heavy (non-hydrogen) atoms. The maximum Gasteiger partial charge on any atom is 0.211 e. The molecule has 0 unspecified atom stereocenters. The number of para-hydroxylation sites is 1. The van der Waals surface area contributed by atoms with Gasteiger partial charge in [0, 0.05) is 31.5 Å². The highest BCUT2D eigenvalue weighted by molar-refractivity contribution is 6.21. The molecule has 0 saturated heterocycles. The van der Waals surface area contributed by atoms with Crippen LogP contribution in [0.25, 0.3) is 27.2 Å². The Balaban J connectivity index is 2.44. The van der Waals surface area contributed by atoms with Gasteiger partial charge in [0.05, 0.1) is 22.0 Å². The second-order valence-corrected chi connectivity index (χ2v) is 5.41. The maximum atomic E-state index is 12.3. The molecule has 0 aliphatic heterocycles. The smallest absolute Gasteiger partial charge is 0.211 e. The van der Waals surface area contributed by atoms with Crippen molar-refractivity contribution in [3.8, 4) is 0 Å². The van der Waals surface area contributed by atoms with Gasteiger partial charge < -0.3 is 4.40 Å².